The molecule has 0 spiro atoms. The lowest BCUT2D eigenvalue weighted by Gasteiger charge is -2.19. The molecule has 0 saturated heterocycles. The van der Waals surface area contributed by atoms with Gasteiger partial charge in [-0.1, -0.05) is 18.6 Å². The highest BCUT2D eigenvalue weighted by atomic mass is 15.3. The summed E-state index contributed by atoms with van der Waals surface area (Å²) in [6, 6.07) is 10.5. The zero-order valence-electron chi connectivity index (χ0n) is 19.2. The standard InChI is InChI=1S/C24H34N8/c1-3-25-24(26-14-8-13-23-30-29-22-12-5-4-6-16-31(22)23)28-19(2)20-10-7-11-21(18-20)32-17-9-15-27-32/h7,9-11,15,17-19H,3-6,8,12-14,16H2,1-2H3,(H2,25,26,28). The van der Waals surface area contributed by atoms with E-state index in [1.807, 2.05) is 16.9 Å². The van der Waals surface area contributed by atoms with Gasteiger partial charge in [0, 0.05) is 44.9 Å². The lowest BCUT2D eigenvalue weighted by Crippen LogP contribution is -2.38. The molecule has 1 unspecified atom stereocenters. The molecule has 4 rings (SSSR count). The molecule has 0 bridgehead atoms. The predicted octanol–water partition coefficient (Wildman–Crippen LogP) is 3.44. The van der Waals surface area contributed by atoms with Crippen molar-refractivity contribution in [3.8, 4) is 5.69 Å². The predicted molar refractivity (Wildman–Crippen MR) is 127 cm³/mol. The van der Waals surface area contributed by atoms with E-state index in [0.29, 0.717) is 0 Å². The van der Waals surface area contributed by atoms with E-state index in [0.717, 1.165) is 62.2 Å². The van der Waals surface area contributed by atoms with Crippen molar-refractivity contribution >= 4 is 5.96 Å². The van der Waals surface area contributed by atoms with Crippen LogP contribution in [0, 0.1) is 0 Å². The van der Waals surface area contributed by atoms with Gasteiger partial charge in [-0.25, -0.2) is 4.68 Å². The maximum Gasteiger partial charge on any atom is 0.191 e. The van der Waals surface area contributed by atoms with Crippen LogP contribution >= 0.6 is 0 Å². The zero-order valence-corrected chi connectivity index (χ0v) is 19.2. The number of hydrogen-bond donors (Lipinski definition) is 2. The van der Waals surface area contributed by atoms with E-state index in [-0.39, 0.29) is 6.04 Å². The Labute approximate surface area is 190 Å². The molecule has 0 aliphatic carbocycles. The summed E-state index contributed by atoms with van der Waals surface area (Å²) >= 11 is 0. The summed E-state index contributed by atoms with van der Waals surface area (Å²) in [5.41, 5.74) is 2.24. The molecule has 1 atom stereocenters. The number of benzene rings is 1. The molecule has 2 aromatic heterocycles. The Morgan fingerprint density at radius 3 is 2.97 bits per heavy atom. The van der Waals surface area contributed by atoms with Crippen LogP contribution in [-0.2, 0) is 19.4 Å². The highest BCUT2D eigenvalue weighted by Gasteiger charge is 2.14. The number of rotatable bonds is 8. The maximum atomic E-state index is 4.80. The van der Waals surface area contributed by atoms with E-state index in [4.69, 9.17) is 4.99 Å². The second kappa shape index (κ2) is 10.9. The first-order chi connectivity index (χ1) is 15.7. The molecular weight excluding hydrogens is 400 g/mol. The van der Waals surface area contributed by atoms with Crippen molar-refractivity contribution in [2.75, 3.05) is 13.1 Å². The van der Waals surface area contributed by atoms with Gasteiger partial charge in [-0.2, -0.15) is 5.10 Å². The van der Waals surface area contributed by atoms with Crippen LogP contribution in [0.15, 0.2) is 47.7 Å². The molecule has 170 valence electrons. The van der Waals surface area contributed by atoms with Crippen LogP contribution in [0.4, 0.5) is 0 Å². The topological polar surface area (TPSA) is 85.0 Å². The van der Waals surface area contributed by atoms with Crippen LogP contribution in [-0.4, -0.2) is 43.6 Å². The molecule has 1 aromatic carbocycles. The third-order valence-corrected chi connectivity index (χ3v) is 5.85. The Morgan fingerprint density at radius 1 is 1.19 bits per heavy atom. The average molecular weight is 435 g/mol. The fourth-order valence-electron chi connectivity index (χ4n) is 4.12. The number of nitrogens with zero attached hydrogens (tertiary/aromatic N) is 6. The number of nitrogens with one attached hydrogen (secondary N) is 2. The molecule has 2 N–H and O–H groups in total. The Balaban J connectivity index is 1.34. The molecule has 32 heavy (non-hydrogen) atoms. The Kier molecular flexibility index (Phi) is 7.53. The Morgan fingerprint density at radius 2 is 2.12 bits per heavy atom. The SMILES string of the molecule is CCNC(=NCCCc1nnc2n1CCCCC2)NC(C)c1cccc(-n2cccn2)c1. The summed E-state index contributed by atoms with van der Waals surface area (Å²) in [5.74, 6) is 3.10. The van der Waals surface area contributed by atoms with Crippen LogP contribution in [0.3, 0.4) is 0 Å². The van der Waals surface area contributed by atoms with Gasteiger partial charge in [0.25, 0.3) is 0 Å². The zero-order chi connectivity index (χ0) is 22.2. The Bertz CT molecular complexity index is 1000. The van der Waals surface area contributed by atoms with Gasteiger partial charge in [0.15, 0.2) is 5.96 Å². The van der Waals surface area contributed by atoms with Crippen molar-refractivity contribution < 1.29 is 0 Å². The van der Waals surface area contributed by atoms with Gasteiger partial charge in [0.05, 0.1) is 11.7 Å². The monoisotopic (exact) mass is 434 g/mol. The van der Waals surface area contributed by atoms with E-state index in [1.54, 1.807) is 6.20 Å². The molecule has 3 heterocycles. The molecule has 8 nitrogen and oxygen atoms in total. The first kappa shape index (κ1) is 22.0. The van der Waals surface area contributed by atoms with E-state index in [2.05, 4.69) is 68.6 Å². The summed E-state index contributed by atoms with van der Waals surface area (Å²) < 4.78 is 4.20. The number of aromatic nitrogens is 5. The molecule has 1 aliphatic rings. The molecule has 8 heteroatoms. The summed E-state index contributed by atoms with van der Waals surface area (Å²) in [6.07, 6.45) is 10.4. The quantitative estimate of drug-likeness (QED) is 0.322. The normalized spacial score (nSPS) is 15.1. The van der Waals surface area contributed by atoms with Crippen molar-refractivity contribution in [3.63, 3.8) is 0 Å². The molecule has 0 radical (unpaired) electrons. The molecule has 1 aliphatic heterocycles. The van der Waals surface area contributed by atoms with Gasteiger partial charge in [-0.05, 0) is 56.9 Å². The van der Waals surface area contributed by atoms with Gasteiger partial charge in [0.1, 0.15) is 11.6 Å². The number of aliphatic imine (C=N–C) groups is 1. The van der Waals surface area contributed by atoms with Crippen LogP contribution in [0.5, 0.6) is 0 Å². The van der Waals surface area contributed by atoms with Crippen LogP contribution in [0.1, 0.15) is 62.8 Å². The smallest absolute Gasteiger partial charge is 0.191 e. The highest BCUT2D eigenvalue weighted by Crippen LogP contribution is 2.17. The van der Waals surface area contributed by atoms with E-state index >= 15 is 0 Å². The van der Waals surface area contributed by atoms with Crippen molar-refractivity contribution in [1.82, 2.24) is 35.2 Å². The number of hydrogen-bond acceptors (Lipinski definition) is 4. The minimum atomic E-state index is 0.121. The number of aryl methyl sites for hydroxylation is 2. The summed E-state index contributed by atoms with van der Waals surface area (Å²) in [5, 5.41) is 20.1. The number of guanidine groups is 1. The van der Waals surface area contributed by atoms with Crippen LogP contribution < -0.4 is 10.6 Å². The molecule has 0 saturated carbocycles. The summed E-state index contributed by atoms with van der Waals surface area (Å²) in [4.78, 5) is 4.80. The first-order valence-electron chi connectivity index (χ1n) is 11.8. The average Bonchev–Trinajstić information content (AvgIpc) is 3.42. The minimum absolute atomic E-state index is 0.121. The minimum Gasteiger partial charge on any atom is -0.357 e. The largest absolute Gasteiger partial charge is 0.357 e. The second-order valence-corrected chi connectivity index (χ2v) is 8.27. The van der Waals surface area contributed by atoms with Crippen molar-refractivity contribution in [1.29, 1.82) is 0 Å². The number of fused-ring (bicyclic) bond motifs is 1. The van der Waals surface area contributed by atoms with Gasteiger partial charge in [-0.3, -0.25) is 4.99 Å². The lowest BCUT2D eigenvalue weighted by atomic mass is 10.1. The first-order valence-corrected chi connectivity index (χ1v) is 11.8. The van der Waals surface area contributed by atoms with Crippen LogP contribution in [0.25, 0.3) is 5.69 Å². The van der Waals surface area contributed by atoms with Gasteiger partial charge < -0.3 is 15.2 Å². The van der Waals surface area contributed by atoms with Gasteiger partial charge >= 0.3 is 0 Å². The van der Waals surface area contributed by atoms with Crippen LogP contribution in [0.2, 0.25) is 0 Å². The molecular formula is C24H34N8. The van der Waals surface area contributed by atoms with Gasteiger partial charge in [-0.15, -0.1) is 10.2 Å². The fourth-order valence-corrected chi connectivity index (χ4v) is 4.12. The molecule has 0 amide bonds. The van der Waals surface area contributed by atoms with E-state index in [9.17, 15) is 0 Å². The molecule has 0 fully saturated rings. The Hall–Kier alpha value is -3.16. The third kappa shape index (κ3) is 5.55. The van der Waals surface area contributed by atoms with Crippen molar-refractivity contribution in [2.24, 2.45) is 4.99 Å². The maximum absolute atomic E-state index is 4.80. The fraction of sp³-hybridized carbons (Fsp3) is 0.500. The summed E-state index contributed by atoms with van der Waals surface area (Å²) in [7, 11) is 0. The van der Waals surface area contributed by atoms with Crippen molar-refractivity contribution in [3.05, 3.63) is 59.9 Å². The lowest BCUT2D eigenvalue weighted by molar-refractivity contribution is 0.597. The highest BCUT2D eigenvalue weighted by molar-refractivity contribution is 5.80. The third-order valence-electron chi connectivity index (χ3n) is 5.85. The van der Waals surface area contributed by atoms with Gasteiger partial charge in [0.2, 0.25) is 0 Å². The van der Waals surface area contributed by atoms with E-state index < -0.39 is 0 Å². The van der Waals surface area contributed by atoms with E-state index in [1.165, 1.54) is 24.8 Å². The summed E-state index contributed by atoms with van der Waals surface area (Å²) in [6.45, 7) is 6.87. The van der Waals surface area contributed by atoms with Crippen molar-refractivity contribution in [2.45, 2.75) is 65.0 Å². The second-order valence-electron chi connectivity index (χ2n) is 8.27. The molecule has 3 aromatic rings.